The number of nitrogens with one attached hydrogen (secondary N) is 1. The summed E-state index contributed by atoms with van der Waals surface area (Å²) in [5.41, 5.74) is 0.0667. The maximum absolute atomic E-state index is 13.9. The highest BCUT2D eigenvalue weighted by Gasteiger charge is 2.43. The van der Waals surface area contributed by atoms with Gasteiger partial charge in [0.1, 0.15) is 6.10 Å². The summed E-state index contributed by atoms with van der Waals surface area (Å²) in [7, 11) is 1.46. The highest BCUT2D eigenvalue weighted by molar-refractivity contribution is 5.76. The Morgan fingerprint density at radius 3 is 2.58 bits per heavy atom. The first-order valence-electron chi connectivity index (χ1n) is 13.1. The molecule has 0 amide bonds. The molecule has 0 bridgehead atoms. The van der Waals surface area contributed by atoms with Crippen LogP contribution in [0.5, 0.6) is 0 Å². The Bertz CT molecular complexity index is 1570. The van der Waals surface area contributed by atoms with Gasteiger partial charge in [0.15, 0.2) is 11.2 Å². The molecule has 0 radical (unpaired) electrons. The first kappa shape index (κ1) is 27.7. The van der Waals surface area contributed by atoms with Gasteiger partial charge >= 0.3 is 17.8 Å². The minimum Gasteiger partial charge on any atom is -0.449 e. The number of esters is 1. The second-order valence-corrected chi connectivity index (χ2v) is 10.5. The summed E-state index contributed by atoms with van der Waals surface area (Å²) < 4.78 is 47.9. The molecular formula is C27H31F3N6O4. The third-order valence-corrected chi connectivity index (χ3v) is 7.60. The summed E-state index contributed by atoms with van der Waals surface area (Å²) in [5, 5.41) is 3.40. The maximum atomic E-state index is 13.9. The van der Waals surface area contributed by atoms with Gasteiger partial charge in [0, 0.05) is 39.3 Å². The van der Waals surface area contributed by atoms with Crippen molar-refractivity contribution >= 4 is 23.1 Å². The van der Waals surface area contributed by atoms with E-state index in [1.54, 1.807) is 22.8 Å². The molecule has 2 aliphatic heterocycles. The number of rotatable bonds is 7. The van der Waals surface area contributed by atoms with Crippen LogP contribution in [-0.4, -0.2) is 56.5 Å². The molecule has 2 aromatic heterocycles. The molecular weight excluding hydrogens is 529 g/mol. The van der Waals surface area contributed by atoms with E-state index in [1.165, 1.54) is 23.7 Å². The minimum atomic E-state index is -5.24. The number of alkyl halides is 3. The van der Waals surface area contributed by atoms with E-state index in [1.807, 2.05) is 19.9 Å². The number of hydrogen-bond acceptors (Lipinski definition) is 7. The molecule has 2 aliphatic rings. The zero-order valence-corrected chi connectivity index (χ0v) is 22.4. The van der Waals surface area contributed by atoms with Crippen molar-refractivity contribution in [2.24, 2.45) is 13.0 Å². The van der Waals surface area contributed by atoms with Crippen molar-refractivity contribution in [3.63, 3.8) is 0 Å². The van der Waals surface area contributed by atoms with Crippen molar-refractivity contribution in [1.29, 1.82) is 0 Å². The molecule has 2 fully saturated rings. The average Bonchev–Trinajstić information content (AvgIpc) is 3.62. The molecule has 0 aliphatic carbocycles. The van der Waals surface area contributed by atoms with Gasteiger partial charge in [0.2, 0.25) is 5.95 Å². The Morgan fingerprint density at radius 2 is 1.90 bits per heavy atom. The molecule has 1 aromatic carbocycles. The van der Waals surface area contributed by atoms with E-state index in [4.69, 9.17) is 9.72 Å². The van der Waals surface area contributed by atoms with Crippen LogP contribution in [0.1, 0.15) is 31.9 Å². The maximum Gasteiger partial charge on any atom is 0.490 e. The second kappa shape index (κ2) is 10.6. The summed E-state index contributed by atoms with van der Waals surface area (Å²) in [6.07, 6.45) is -3.86. The SMILES string of the molecule is CC(C)=CCn1c(N2CCC3CNCC32)nc2c1c(=O)n(C[C@H](OC(=O)C(F)(F)F)c1ccccc1)c(=O)n2C. The standard InChI is InChI=1S/C27H31F3N6O4/c1-16(2)9-11-35-21-22(32-25(35)34-12-10-18-13-31-14-19(18)34)33(3)26(39)36(23(21)37)15-20(17-7-5-4-6-8-17)40-24(38)27(28,29)30/h4-9,18-20,31H,10-15H2,1-3H3/t18?,19?,20-/m0/s1. The van der Waals surface area contributed by atoms with Gasteiger partial charge in [-0.25, -0.2) is 9.59 Å². The lowest BCUT2D eigenvalue weighted by Gasteiger charge is -2.25. The van der Waals surface area contributed by atoms with Crippen LogP contribution in [0.4, 0.5) is 19.1 Å². The Morgan fingerprint density at radius 1 is 1.18 bits per heavy atom. The van der Waals surface area contributed by atoms with Crippen LogP contribution in [0.3, 0.4) is 0 Å². The topological polar surface area (TPSA) is 103 Å². The number of benzene rings is 1. The smallest absolute Gasteiger partial charge is 0.449 e. The van der Waals surface area contributed by atoms with Crippen molar-refractivity contribution in [1.82, 2.24) is 24.0 Å². The first-order chi connectivity index (χ1) is 19.0. The highest BCUT2D eigenvalue weighted by Crippen LogP contribution is 2.33. The second-order valence-electron chi connectivity index (χ2n) is 10.5. The van der Waals surface area contributed by atoms with E-state index < -0.39 is 36.0 Å². The monoisotopic (exact) mass is 560 g/mol. The number of imidazole rings is 1. The van der Waals surface area contributed by atoms with Gasteiger partial charge in [0.05, 0.1) is 6.54 Å². The lowest BCUT2D eigenvalue weighted by atomic mass is 10.1. The van der Waals surface area contributed by atoms with Gasteiger partial charge in [-0.1, -0.05) is 42.0 Å². The summed E-state index contributed by atoms with van der Waals surface area (Å²) in [4.78, 5) is 46.1. The van der Waals surface area contributed by atoms with Crippen LogP contribution in [0, 0.1) is 5.92 Å². The molecule has 40 heavy (non-hydrogen) atoms. The zero-order valence-electron chi connectivity index (χ0n) is 22.4. The van der Waals surface area contributed by atoms with Crippen LogP contribution in [0.15, 0.2) is 51.6 Å². The highest BCUT2D eigenvalue weighted by atomic mass is 19.4. The molecule has 5 rings (SSSR count). The van der Waals surface area contributed by atoms with Gasteiger partial charge in [-0.3, -0.25) is 13.9 Å². The number of fused-ring (bicyclic) bond motifs is 2. The van der Waals surface area contributed by atoms with E-state index in [0.29, 0.717) is 18.4 Å². The number of anilines is 1. The molecule has 0 spiro atoms. The lowest BCUT2D eigenvalue weighted by Crippen LogP contribution is -2.42. The molecule has 0 saturated carbocycles. The van der Waals surface area contributed by atoms with Crippen molar-refractivity contribution in [3.8, 4) is 0 Å². The van der Waals surface area contributed by atoms with Crippen LogP contribution in [-0.2, 0) is 29.7 Å². The molecule has 2 unspecified atom stereocenters. The predicted molar refractivity (Wildman–Crippen MR) is 142 cm³/mol. The number of nitrogens with zero attached hydrogens (tertiary/aromatic N) is 5. The quantitative estimate of drug-likeness (QED) is 0.350. The normalized spacial score (nSPS) is 19.6. The molecule has 4 heterocycles. The van der Waals surface area contributed by atoms with E-state index in [9.17, 15) is 27.6 Å². The molecule has 10 nitrogen and oxygen atoms in total. The Labute approximate surface area is 227 Å². The largest absolute Gasteiger partial charge is 0.490 e. The van der Waals surface area contributed by atoms with Crippen LogP contribution >= 0.6 is 0 Å². The third kappa shape index (κ3) is 5.05. The van der Waals surface area contributed by atoms with Gasteiger partial charge in [0.25, 0.3) is 5.56 Å². The summed E-state index contributed by atoms with van der Waals surface area (Å²) >= 11 is 0. The molecule has 214 valence electrons. The zero-order chi connectivity index (χ0) is 28.8. The predicted octanol–water partition coefficient (Wildman–Crippen LogP) is 2.51. The van der Waals surface area contributed by atoms with Crippen LogP contribution in [0.2, 0.25) is 0 Å². The number of allylic oxidation sites excluding steroid dienone is 2. The molecule has 2 saturated heterocycles. The van der Waals surface area contributed by atoms with Gasteiger partial charge in [-0.15, -0.1) is 0 Å². The number of carbonyl (C=O) groups is 1. The third-order valence-electron chi connectivity index (χ3n) is 7.60. The number of ether oxygens (including phenoxy) is 1. The molecule has 3 atom stereocenters. The van der Waals surface area contributed by atoms with Gasteiger partial charge in [-0.2, -0.15) is 18.2 Å². The van der Waals surface area contributed by atoms with Crippen molar-refractivity contribution in [2.75, 3.05) is 24.5 Å². The number of halogens is 3. The van der Waals surface area contributed by atoms with Crippen molar-refractivity contribution in [2.45, 2.75) is 51.7 Å². The summed E-state index contributed by atoms with van der Waals surface area (Å²) in [5.74, 6) is -1.39. The van der Waals surface area contributed by atoms with E-state index >= 15 is 0 Å². The summed E-state index contributed by atoms with van der Waals surface area (Å²) in [6.45, 7) is 6.00. The van der Waals surface area contributed by atoms with Crippen LogP contribution < -0.4 is 21.5 Å². The van der Waals surface area contributed by atoms with E-state index in [-0.39, 0.29) is 22.8 Å². The van der Waals surface area contributed by atoms with Crippen LogP contribution in [0.25, 0.3) is 11.2 Å². The Hall–Kier alpha value is -3.87. The van der Waals surface area contributed by atoms with Gasteiger partial charge in [-0.05, 0) is 31.7 Å². The molecule has 1 N–H and O–H groups in total. The van der Waals surface area contributed by atoms with Crippen molar-refractivity contribution in [3.05, 3.63) is 68.4 Å². The minimum absolute atomic E-state index is 0.151. The summed E-state index contributed by atoms with van der Waals surface area (Å²) in [6, 6.07) is 7.92. The van der Waals surface area contributed by atoms with E-state index in [2.05, 4.69) is 10.2 Å². The number of hydrogen-bond donors (Lipinski definition) is 1. The Kier molecular flexibility index (Phi) is 7.34. The number of aryl methyl sites for hydroxylation is 1. The van der Waals surface area contributed by atoms with Crippen molar-refractivity contribution < 1.29 is 22.7 Å². The number of aromatic nitrogens is 4. The fourth-order valence-electron chi connectivity index (χ4n) is 5.52. The lowest BCUT2D eigenvalue weighted by molar-refractivity contribution is -0.206. The molecule has 13 heteroatoms. The fourth-order valence-corrected chi connectivity index (χ4v) is 5.52. The number of carbonyl (C=O) groups excluding carboxylic acids is 1. The molecule has 3 aromatic rings. The fraction of sp³-hybridized carbons (Fsp3) is 0.481. The van der Waals surface area contributed by atoms with Gasteiger partial charge < -0.3 is 19.5 Å². The first-order valence-corrected chi connectivity index (χ1v) is 13.1. The van der Waals surface area contributed by atoms with E-state index in [0.717, 1.165) is 36.2 Å². The Balaban J connectivity index is 1.65. The average molecular weight is 561 g/mol.